The minimum Gasteiger partial charge on any atom is -0.359 e. The Morgan fingerprint density at radius 3 is 2.93 bits per heavy atom. The number of hydrogen-bond donors (Lipinski definition) is 2. The van der Waals surface area contributed by atoms with Crippen LogP contribution in [-0.4, -0.2) is 42.2 Å². The first-order valence-electron chi connectivity index (χ1n) is 10.0. The number of guanidine groups is 1. The molecule has 29 heavy (non-hydrogen) atoms. The Hall–Kier alpha value is -2.12. The second kappa shape index (κ2) is 10.1. The van der Waals surface area contributed by atoms with Gasteiger partial charge in [-0.1, -0.05) is 36.7 Å². The number of benzene rings is 1. The molecule has 2 N–H and O–H groups in total. The predicted octanol–water partition coefficient (Wildman–Crippen LogP) is 3.92. The zero-order valence-corrected chi connectivity index (χ0v) is 18.0. The molecule has 6 nitrogen and oxygen atoms in total. The maximum Gasteiger partial charge on any atom is 0.191 e. The number of nitrogens with one attached hydrogen (secondary N) is 2. The predicted molar refractivity (Wildman–Crippen MR) is 114 cm³/mol. The Morgan fingerprint density at radius 2 is 2.24 bits per heavy atom. The zero-order chi connectivity index (χ0) is 20.8. The van der Waals surface area contributed by atoms with Crippen molar-refractivity contribution in [2.45, 2.75) is 51.7 Å². The van der Waals surface area contributed by atoms with Gasteiger partial charge in [-0.25, -0.2) is 4.39 Å². The third-order valence-electron chi connectivity index (χ3n) is 5.08. The molecular formula is C21H29ClFN5O. The van der Waals surface area contributed by atoms with Crippen molar-refractivity contribution in [3.8, 4) is 0 Å². The van der Waals surface area contributed by atoms with E-state index in [1.54, 1.807) is 13.1 Å². The Labute approximate surface area is 176 Å². The number of nitrogens with zero attached hydrogens (tertiary/aromatic N) is 3. The molecule has 0 aliphatic carbocycles. The van der Waals surface area contributed by atoms with Crippen LogP contribution in [0, 0.1) is 5.82 Å². The fourth-order valence-electron chi connectivity index (χ4n) is 3.45. The van der Waals surface area contributed by atoms with Crippen molar-refractivity contribution >= 4 is 17.6 Å². The summed E-state index contributed by atoms with van der Waals surface area (Å²) in [5.41, 5.74) is 1.90. The molecule has 1 atom stereocenters. The van der Waals surface area contributed by atoms with Gasteiger partial charge in [-0.2, -0.15) is 0 Å². The van der Waals surface area contributed by atoms with Crippen LogP contribution in [0.4, 0.5) is 4.39 Å². The molecule has 3 rings (SSSR count). The van der Waals surface area contributed by atoms with Crippen LogP contribution in [0.15, 0.2) is 33.8 Å². The van der Waals surface area contributed by atoms with Crippen molar-refractivity contribution in [1.82, 2.24) is 20.7 Å². The maximum absolute atomic E-state index is 13.3. The number of aromatic nitrogens is 1. The normalized spacial score (nSPS) is 18.3. The summed E-state index contributed by atoms with van der Waals surface area (Å²) in [6, 6.07) is 6.84. The molecule has 0 saturated carbocycles. The Bertz CT molecular complexity index is 838. The fourth-order valence-corrected chi connectivity index (χ4v) is 3.68. The third kappa shape index (κ3) is 6.18. The number of aliphatic imine (C=N–C) groups is 1. The first-order chi connectivity index (χ1) is 13.9. The van der Waals surface area contributed by atoms with Crippen LogP contribution in [0.3, 0.4) is 0 Å². The molecule has 0 amide bonds. The minimum absolute atomic E-state index is 0.273. The number of rotatable bonds is 6. The zero-order valence-electron chi connectivity index (χ0n) is 17.2. The third-order valence-corrected chi connectivity index (χ3v) is 5.43. The summed E-state index contributed by atoms with van der Waals surface area (Å²) in [6.07, 6.45) is 2.14. The molecule has 1 unspecified atom stereocenters. The molecule has 0 bridgehead atoms. The number of likely N-dealkylation sites (tertiary alicyclic amines) is 1. The van der Waals surface area contributed by atoms with Gasteiger partial charge in [0.05, 0.1) is 12.2 Å². The van der Waals surface area contributed by atoms with E-state index in [2.05, 4.69) is 39.5 Å². The molecule has 1 aliphatic rings. The van der Waals surface area contributed by atoms with Crippen LogP contribution >= 0.6 is 11.6 Å². The molecule has 2 heterocycles. The highest BCUT2D eigenvalue weighted by atomic mass is 35.5. The lowest BCUT2D eigenvalue weighted by Crippen LogP contribution is -2.50. The van der Waals surface area contributed by atoms with Crippen LogP contribution in [-0.2, 0) is 13.1 Å². The van der Waals surface area contributed by atoms with Crippen molar-refractivity contribution in [2.24, 2.45) is 4.99 Å². The highest BCUT2D eigenvalue weighted by Gasteiger charge is 2.21. The van der Waals surface area contributed by atoms with Crippen LogP contribution in [0.25, 0.3) is 0 Å². The van der Waals surface area contributed by atoms with E-state index in [9.17, 15) is 4.39 Å². The second-order valence-electron chi connectivity index (χ2n) is 7.75. The summed E-state index contributed by atoms with van der Waals surface area (Å²) >= 11 is 6.19. The fraction of sp³-hybridized carbons (Fsp3) is 0.524. The number of hydrogen-bond acceptors (Lipinski definition) is 4. The summed E-state index contributed by atoms with van der Waals surface area (Å²) in [4.78, 5) is 6.66. The molecule has 1 fully saturated rings. The van der Waals surface area contributed by atoms with Gasteiger partial charge in [-0.3, -0.25) is 9.89 Å². The van der Waals surface area contributed by atoms with E-state index in [-0.39, 0.29) is 11.9 Å². The number of halogens is 2. The number of piperidine rings is 1. The van der Waals surface area contributed by atoms with Gasteiger partial charge in [0, 0.05) is 37.3 Å². The van der Waals surface area contributed by atoms with E-state index in [0.29, 0.717) is 24.0 Å². The van der Waals surface area contributed by atoms with E-state index in [4.69, 9.17) is 16.1 Å². The van der Waals surface area contributed by atoms with Crippen molar-refractivity contribution in [2.75, 3.05) is 20.1 Å². The largest absolute Gasteiger partial charge is 0.359 e. The quantitative estimate of drug-likeness (QED) is 0.546. The molecule has 8 heteroatoms. The van der Waals surface area contributed by atoms with E-state index in [0.717, 1.165) is 48.9 Å². The lowest BCUT2D eigenvalue weighted by atomic mass is 10.0. The highest BCUT2D eigenvalue weighted by Crippen LogP contribution is 2.21. The molecular weight excluding hydrogens is 393 g/mol. The van der Waals surface area contributed by atoms with Gasteiger partial charge in [0.15, 0.2) is 11.7 Å². The Kier molecular flexibility index (Phi) is 7.50. The molecule has 1 aromatic carbocycles. The van der Waals surface area contributed by atoms with Crippen molar-refractivity contribution < 1.29 is 8.91 Å². The monoisotopic (exact) mass is 421 g/mol. The molecule has 1 aromatic heterocycles. The van der Waals surface area contributed by atoms with E-state index in [1.807, 2.05) is 6.07 Å². The van der Waals surface area contributed by atoms with Crippen LogP contribution in [0.2, 0.25) is 5.02 Å². The van der Waals surface area contributed by atoms with Gasteiger partial charge in [0.1, 0.15) is 5.82 Å². The average Bonchev–Trinajstić information content (AvgIpc) is 3.17. The highest BCUT2D eigenvalue weighted by molar-refractivity contribution is 6.31. The van der Waals surface area contributed by atoms with Crippen molar-refractivity contribution in [3.63, 3.8) is 0 Å². The van der Waals surface area contributed by atoms with E-state index in [1.165, 1.54) is 12.1 Å². The van der Waals surface area contributed by atoms with Gasteiger partial charge in [0.25, 0.3) is 0 Å². The molecule has 158 valence electrons. The van der Waals surface area contributed by atoms with Crippen LogP contribution < -0.4 is 10.6 Å². The van der Waals surface area contributed by atoms with E-state index < -0.39 is 0 Å². The minimum atomic E-state index is -0.306. The second-order valence-corrected chi connectivity index (χ2v) is 8.16. The van der Waals surface area contributed by atoms with Crippen molar-refractivity contribution in [3.05, 3.63) is 52.1 Å². The van der Waals surface area contributed by atoms with Crippen LogP contribution in [0.1, 0.15) is 49.6 Å². The van der Waals surface area contributed by atoms with Gasteiger partial charge >= 0.3 is 0 Å². The SMILES string of the molecule is CN=C(NCc1cc(C(C)C)no1)NC1CCCN(Cc2ccc(F)cc2Cl)C1. The molecule has 2 aromatic rings. The lowest BCUT2D eigenvalue weighted by Gasteiger charge is -2.34. The summed E-state index contributed by atoms with van der Waals surface area (Å²) < 4.78 is 18.6. The summed E-state index contributed by atoms with van der Waals surface area (Å²) in [5.74, 6) is 1.55. The molecule has 1 aliphatic heterocycles. The van der Waals surface area contributed by atoms with Gasteiger partial charge < -0.3 is 15.2 Å². The first kappa shape index (κ1) is 21.6. The van der Waals surface area contributed by atoms with E-state index >= 15 is 0 Å². The lowest BCUT2D eigenvalue weighted by molar-refractivity contribution is 0.192. The molecule has 0 radical (unpaired) electrons. The van der Waals surface area contributed by atoms with Gasteiger partial charge in [0.2, 0.25) is 0 Å². The smallest absolute Gasteiger partial charge is 0.191 e. The van der Waals surface area contributed by atoms with Gasteiger partial charge in [-0.05, 0) is 43.0 Å². The molecule has 0 spiro atoms. The van der Waals surface area contributed by atoms with Crippen LogP contribution in [0.5, 0.6) is 0 Å². The first-order valence-corrected chi connectivity index (χ1v) is 10.4. The Morgan fingerprint density at radius 1 is 1.41 bits per heavy atom. The van der Waals surface area contributed by atoms with Crippen molar-refractivity contribution in [1.29, 1.82) is 0 Å². The maximum atomic E-state index is 13.3. The Balaban J connectivity index is 1.51. The summed E-state index contributed by atoms with van der Waals surface area (Å²) in [7, 11) is 1.76. The topological polar surface area (TPSA) is 65.7 Å². The molecule has 1 saturated heterocycles. The summed E-state index contributed by atoms with van der Waals surface area (Å²) in [5, 5.41) is 11.3. The summed E-state index contributed by atoms with van der Waals surface area (Å²) in [6.45, 7) is 7.27. The average molecular weight is 422 g/mol. The standard InChI is InChI=1S/C21H29ClFN5O/c1-14(2)20-10-18(29-27-20)11-25-21(24-3)26-17-5-4-8-28(13-17)12-15-6-7-16(23)9-19(15)22/h6-7,9-10,14,17H,4-5,8,11-13H2,1-3H3,(H2,24,25,26). The van der Waals surface area contributed by atoms with Gasteiger partial charge in [-0.15, -0.1) is 0 Å².